The second kappa shape index (κ2) is 16.9. The maximum atomic E-state index is 5.76. The standard InChI is InChI=1S/C60H58N4/c1-5-9-19-39(7-3)37-63-53-27-17-15-23-47(53)51-35-41(29-33-55(51)63)43-31-32-44(58-57(43)61-59-49-25-13-11-21-45(49)46-22-12-14-26-50(46)60(59)62-58)42-30-34-56-52(36-42)48-24-16-18-28-54(48)64(56)38-40(8-4)20-10-6-2/h11-18,21-36,39-40H,5-10,19-20,37-38H2,1-4H3. The summed E-state index contributed by atoms with van der Waals surface area (Å²) in [6.45, 7) is 11.4. The van der Waals surface area contributed by atoms with Gasteiger partial charge in [0.05, 0.1) is 22.1 Å². The van der Waals surface area contributed by atoms with Crippen LogP contribution in [0.3, 0.4) is 0 Å². The van der Waals surface area contributed by atoms with E-state index in [0.717, 1.165) is 68.2 Å². The van der Waals surface area contributed by atoms with Crippen LogP contribution in [-0.4, -0.2) is 19.1 Å². The molecule has 0 fully saturated rings. The number of hydrogen-bond acceptors (Lipinski definition) is 2. The van der Waals surface area contributed by atoms with Gasteiger partial charge < -0.3 is 9.13 Å². The lowest BCUT2D eigenvalue weighted by molar-refractivity contribution is 0.401. The summed E-state index contributed by atoms with van der Waals surface area (Å²) in [7, 11) is 0. The fourth-order valence-corrected chi connectivity index (χ4v) is 11.0. The lowest BCUT2D eigenvalue weighted by Gasteiger charge is -2.18. The van der Waals surface area contributed by atoms with Crippen LogP contribution >= 0.6 is 0 Å². The van der Waals surface area contributed by atoms with Gasteiger partial charge in [-0.2, -0.15) is 0 Å². The number of para-hydroxylation sites is 2. The van der Waals surface area contributed by atoms with Crippen LogP contribution in [0.4, 0.5) is 0 Å². The zero-order valence-electron chi connectivity index (χ0n) is 37.9. The second-order valence-corrected chi connectivity index (χ2v) is 18.4. The Morgan fingerprint density at radius 1 is 0.375 bits per heavy atom. The van der Waals surface area contributed by atoms with Gasteiger partial charge in [-0.15, -0.1) is 0 Å². The minimum Gasteiger partial charge on any atom is -0.340 e. The fraction of sp³-hybridized carbons (Fsp3) is 0.267. The number of hydrogen-bond donors (Lipinski definition) is 0. The molecule has 0 radical (unpaired) electrons. The van der Waals surface area contributed by atoms with Gasteiger partial charge in [-0.1, -0.05) is 175 Å². The van der Waals surface area contributed by atoms with Gasteiger partial charge >= 0.3 is 0 Å². The highest BCUT2D eigenvalue weighted by Gasteiger charge is 2.21. The minimum atomic E-state index is 0.652. The summed E-state index contributed by atoms with van der Waals surface area (Å²) in [5.41, 5.74) is 13.5. The molecule has 4 heteroatoms. The lowest BCUT2D eigenvalue weighted by Crippen LogP contribution is -2.10. The van der Waals surface area contributed by atoms with Gasteiger partial charge in [0.15, 0.2) is 0 Å². The number of aromatic nitrogens is 4. The smallest absolute Gasteiger partial charge is 0.0979 e. The summed E-state index contributed by atoms with van der Waals surface area (Å²) < 4.78 is 5.18. The monoisotopic (exact) mass is 834 g/mol. The molecule has 8 aromatic carbocycles. The van der Waals surface area contributed by atoms with Crippen LogP contribution in [0.15, 0.2) is 146 Å². The Morgan fingerprint density at radius 2 is 0.750 bits per heavy atom. The highest BCUT2D eigenvalue weighted by atomic mass is 15.0. The first-order valence-electron chi connectivity index (χ1n) is 24.1. The Bertz CT molecular complexity index is 3300. The number of fused-ring (bicyclic) bond motifs is 13. The zero-order valence-corrected chi connectivity index (χ0v) is 37.9. The Hall–Kier alpha value is -6.52. The van der Waals surface area contributed by atoms with Crippen molar-refractivity contribution in [1.82, 2.24) is 19.1 Å². The molecular formula is C60H58N4. The quantitative estimate of drug-likeness (QED) is 0.0808. The van der Waals surface area contributed by atoms with E-state index in [-0.39, 0.29) is 0 Å². The number of unbranched alkanes of at least 4 members (excludes halogenated alkanes) is 2. The van der Waals surface area contributed by atoms with E-state index in [1.165, 1.54) is 106 Å². The second-order valence-electron chi connectivity index (χ2n) is 18.4. The molecule has 2 unspecified atom stereocenters. The number of rotatable bonds is 14. The molecule has 11 rings (SSSR count). The third-order valence-corrected chi connectivity index (χ3v) is 14.6. The topological polar surface area (TPSA) is 35.6 Å². The molecule has 0 aliphatic carbocycles. The summed E-state index contributed by atoms with van der Waals surface area (Å²) in [5, 5.41) is 9.88. The van der Waals surface area contributed by atoms with Gasteiger partial charge in [-0.25, -0.2) is 9.97 Å². The molecule has 3 aromatic heterocycles. The molecule has 64 heavy (non-hydrogen) atoms. The first kappa shape index (κ1) is 40.3. The van der Waals surface area contributed by atoms with Crippen molar-refractivity contribution in [2.75, 3.05) is 0 Å². The average Bonchev–Trinajstić information content (AvgIpc) is 3.83. The van der Waals surface area contributed by atoms with Crippen LogP contribution in [0.5, 0.6) is 0 Å². The third kappa shape index (κ3) is 6.73. The number of benzene rings is 8. The molecule has 0 aliphatic heterocycles. The van der Waals surface area contributed by atoms with Crippen molar-refractivity contribution in [3.8, 4) is 22.3 Å². The maximum absolute atomic E-state index is 5.76. The Kier molecular flexibility index (Phi) is 10.6. The van der Waals surface area contributed by atoms with Crippen molar-refractivity contribution in [1.29, 1.82) is 0 Å². The van der Waals surface area contributed by atoms with Crippen molar-refractivity contribution in [3.63, 3.8) is 0 Å². The number of nitrogens with zero attached hydrogens (tertiary/aromatic N) is 4. The summed E-state index contributed by atoms with van der Waals surface area (Å²) in [6, 6.07) is 54.3. The molecule has 318 valence electrons. The molecule has 0 spiro atoms. The Labute approximate surface area is 376 Å². The SMILES string of the molecule is CCCCC(CC)Cn1c2ccccc2c2cc(-c3ccc(-c4ccc5c(c4)c4ccccc4n5CC(CC)CCCC)c4nc5c6ccccc6c6ccccc6c5nc34)ccc21. The highest BCUT2D eigenvalue weighted by Crippen LogP contribution is 2.42. The predicted octanol–water partition coefficient (Wildman–Crippen LogP) is 17.1. The molecule has 0 bridgehead atoms. The molecular weight excluding hydrogens is 777 g/mol. The van der Waals surface area contributed by atoms with Crippen LogP contribution in [-0.2, 0) is 13.1 Å². The predicted molar refractivity (Wildman–Crippen MR) is 276 cm³/mol. The Balaban J connectivity index is 1.15. The molecule has 3 heterocycles. The summed E-state index contributed by atoms with van der Waals surface area (Å²) in [5.74, 6) is 1.30. The first-order valence-corrected chi connectivity index (χ1v) is 24.1. The maximum Gasteiger partial charge on any atom is 0.0979 e. The third-order valence-electron chi connectivity index (χ3n) is 14.6. The molecule has 0 saturated carbocycles. The van der Waals surface area contributed by atoms with Crippen LogP contribution in [0.25, 0.3) is 109 Å². The largest absolute Gasteiger partial charge is 0.340 e. The van der Waals surface area contributed by atoms with E-state index in [0.29, 0.717) is 11.8 Å². The van der Waals surface area contributed by atoms with Crippen LogP contribution in [0, 0.1) is 11.8 Å². The summed E-state index contributed by atoms with van der Waals surface area (Å²) in [6.07, 6.45) is 9.94. The van der Waals surface area contributed by atoms with Gasteiger partial charge in [-0.05, 0) is 83.0 Å². The highest BCUT2D eigenvalue weighted by molar-refractivity contribution is 6.25. The van der Waals surface area contributed by atoms with Crippen molar-refractivity contribution in [2.24, 2.45) is 11.8 Å². The van der Waals surface area contributed by atoms with Gasteiger partial charge in [0.2, 0.25) is 0 Å². The van der Waals surface area contributed by atoms with E-state index in [9.17, 15) is 0 Å². The molecule has 0 amide bonds. The fourth-order valence-electron chi connectivity index (χ4n) is 11.0. The Morgan fingerprint density at radius 3 is 1.16 bits per heavy atom. The van der Waals surface area contributed by atoms with Crippen molar-refractivity contribution in [3.05, 3.63) is 146 Å². The molecule has 2 atom stereocenters. The molecule has 4 nitrogen and oxygen atoms in total. The van der Waals surface area contributed by atoms with Gasteiger partial charge in [0.25, 0.3) is 0 Å². The zero-order chi connectivity index (χ0) is 43.3. The van der Waals surface area contributed by atoms with E-state index in [1.807, 2.05) is 0 Å². The van der Waals surface area contributed by atoms with E-state index in [1.54, 1.807) is 0 Å². The van der Waals surface area contributed by atoms with E-state index < -0.39 is 0 Å². The van der Waals surface area contributed by atoms with Crippen LogP contribution < -0.4 is 0 Å². The van der Waals surface area contributed by atoms with Crippen molar-refractivity contribution < 1.29 is 0 Å². The van der Waals surface area contributed by atoms with Crippen molar-refractivity contribution in [2.45, 2.75) is 92.2 Å². The van der Waals surface area contributed by atoms with Crippen molar-refractivity contribution >= 4 is 87.2 Å². The van der Waals surface area contributed by atoms with Gasteiger partial charge in [0, 0.05) is 78.6 Å². The minimum absolute atomic E-state index is 0.652. The summed E-state index contributed by atoms with van der Waals surface area (Å²) in [4.78, 5) is 11.5. The first-order chi connectivity index (χ1) is 31.6. The molecule has 0 aliphatic rings. The average molecular weight is 835 g/mol. The molecule has 0 N–H and O–H groups in total. The lowest BCUT2D eigenvalue weighted by atomic mass is 9.94. The molecule has 11 aromatic rings. The van der Waals surface area contributed by atoms with Crippen LogP contribution in [0.2, 0.25) is 0 Å². The normalized spacial score (nSPS) is 13.2. The van der Waals surface area contributed by atoms with Gasteiger partial charge in [-0.3, -0.25) is 0 Å². The molecule has 0 saturated heterocycles. The summed E-state index contributed by atoms with van der Waals surface area (Å²) >= 11 is 0. The van der Waals surface area contributed by atoms with E-state index in [2.05, 4.69) is 182 Å². The van der Waals surface area contributed by atoms with E-state index in [4.69, 9.17) is 9.97 Å². The van der Waals surface area contributed by atoms with Crippen LogP contribution in [0.1, 0.15) is 79.1 Å². The van der Waals surface area contributed by atoms with E-state index >= 15 is 0 Å². The van der Waals surface area contributed by atoms with Gasteiger partial charge in [0.1, 0.15) is 0 Å².